The van der Waals surface area contributed by atoms with Crippen molar-refractivity contribution in [3.8, 4) is 0 Å². The van der Waals surface area contributed by atoms with Crippen molar-refractivity contribution in [3.63, 3.8) is 0 Å². The van der Waals surface area contributed by atoms with Gasteiger partial charge in [0.2, 0.25) is 5.91 Å². The Hall–Kier alpha value is -0.550. The van der Waals surface area contributed by atoms with E-state index in [-0.39, 0.29) is 11.0 Å². The zero-order valence-electron chi connectivity index (χ0n) is 13.5. The van der Waals surface area contributed by atoms with Gasteiger partial charge in [0.15, 0.2) is 5.12 Å². The van der Waals surface area contributed by atoms with Crippen LogP contribution in [-0.4, -0.2) is 59.3 Å². The third-order valence-electron chi connectivity index (χ3n) is 4.45. The van der Waals surface area contributed by atoms with Gasteiger partial charge in [-0.15, -0.1) is 0 Å². The first kappa shape index (κ1) is 16.8. The van der Waals surface area contributed by atoms with E-state index in [1.165, 1.54) is 18.2 Å². The number of nitrogens with zero attached hydrogens (tertiary/aromatic N) is 2. The van der Waals surface area contributed by atoms with Crippen LogP contribution in [0.3, 0.4) is 0 Å². The standard InChI is InChI=1S/C16H28N2O2S/c1-12-6-13(2)9-17(8-12)4-5-18-10-15(7-16(18)20)11-21-14(3)19/h12-13,15H,4-11H2,1-3H3. The molecule has 2 aliphatic heterocycles. The van der Waals surface area contributed by atoms with Crippen LogP contribution in [0.25, 0.3) is 0 Å². The van der Waals surface area contributed by atoms with E-state index in [0.29, 0.717) is 12.3 Å². The minimum absolute atomic E-state index is 0.150. The second-order valence-corrected chi connectivity index (χ2v) is 8.12. The summed E-state index contributed by atoms with van der Waals surface area (Å²) in [6.45, 7) is 11.2. The van der Waals surface area contributed by atoms with Crippen LogP contribution in [-0.2, 0) is 9.59 Å². The Bertz CT molecular complexity index is 378. The Morgan fingerprint density at radius 1 is 1.19 bits per heavy atom. The second-order valence-electron chi connectivity index (χ2n) is 6.92. The Morgan fingerprint density at radius 2 is 1.86 bits per heavy atom. The number of thioether (sulfide) groups is 1. The highest BCUT2D eigenvalue weighted by Crippen LogP contribution is 2.23. The second kappa shape index (κ2) is 7.63. The summed E-state index contributed by atoms with van der Waals surface area (Å²) in [4.78, 5) is 27.6. The molecule has 2 fully saturated rings. The van der Waals surface area contributed by atoms with Crippen LogP contribution < -0.4 is 0 Å². The van der Waals surface area contributed by atoms with Gasteiger partial charge in [0, 0.05) is 51.8 Å². The highest BCUT2D eigenvalue weighted by atomic mass is 32.2. The van der Waals surface area contributed by atoms with E-state index < -0.39 is 0 Å². The minimum atomic E-state index is 0.150. The van der Waals surface area contributed by atoms with E-state index >= 15 is 0 Å². The Morgan fingerprint density at radius 3 is 2.48 bits per heavy atom. The Balaban J connectivity index is 1.73. The Labute approximate surface area is 132 Å². The molecule has 0 bridgehead atoms. The lowest BCUT2D eigenvalue weighted by Crippen LogP contribution is -2.43. The summed E-state index contributed by atoms with van der Waals surface area (Å²) >= 11 is 1.35. The number of piperidine rings is 1. The van der Waals surface area contributed by atoms with Gasteiger partial charge in [-0.05, 0) is 24.2 Å². The molecule has 0 radical (unpaired) electrons. The van der Waals surface area contributed by atoms with Gasteiger partial charge in [0.25, 0.3) is 0 Å². The van der Waals surface area contributed by atoms with E-state index in [4.69, 9.17) is 0 Å². The van der Waals surface area contributed by atoms with Crippen LogP contribution in [0.15, 0.2) is 0 Å². The fraction of sp³-hybridized carbons (Fsp3) is 0.875. The van der Waals surface area contributed by atoms with E-state index in [0.717, 1.165) is 50.3 Å². The summed E-state index contributed by atoms with van der Waals surface area (Å²) in [6.07, 6.45) is 1.94. The minimum Gasteiger partial charge on any atom is -0.341 e. The molecular formula is C16H28N2O2S. The number of hydrogen-bond donors (Lipinski definition) is 0. The monoisotopic (exact) mass is 312 g/mol. The number of carbonyl (C=O) groups excluding carboxylic acids is 2. The van der Waals surface area contributed by atoms with Crippen LogP contribution in [0.4, 0.5) is 0 Å². The molecular weight excluding hydrogens is 284 g/mol. The maximum Gasteiger partial charge on any atom is 0.222 e. The van der Waals surface area contributed by atoms with Crippen molar-refractivity contribution >= 4 is 22.8 Å². The lowest BCUT2D eigenvalue weighted by Gasteiger charge is -2.35. The maximum atomic E-state index is 12.0. The van der Waals surface area contributed by atoms with Crippen LogP contribution in [0.1, 0.15) is 33.6 Å². The Kier molecular flexibility index (Phi) is 6.11. The van der Waals surface area contributed by atoms with Crippen molar-refractivity contribution in [2.75, 3.05) is 38.5 Å². The molecule has 0 aromatic carbocycles. The largest absolute Gasteiger partial charge is 0.341 e. The van der Waals surface area contributed by atoms with Crippen molar-refractivity contribution in [3.05, 3.63) is 0 Å². The molecule has 3 unspecified atom stereocenters. The van der Waals surface area contributed by atoms with Gasteiger partial charge in [-0.2, -0.15) is 0 Å². The zero-order chi connectivity index (χ0) is 15.4. The first-order chi connectivity index (χ1) is 9.94. The van der Waals surface area contributed by atoms with Gasteiger partial charge in [0.1, 0.15) is 0 Å². The molecule has 2 rings (SSSR count). The summed E-state index contributed by atoms with van der Waals surface area (Å²) in [5.74, 6) is 2.94. The van der Waals surface area contributed by atoms with E-state index in [1.807, 2.05) is 4.90 Å². The lowest BCUT2D eigenvalue weighted by atomic mass is 9.92. The molecule has 21 heavy (non-hydrogen) atoms. The van der Waals surface area contributed by atoms with Gasteiger partial charge in [-0.1, -0.05) is 25.6 Å². The molecule has 2 saturated heterocycles. The van der Waals surface area contributed by atoms with Gasteiger partial charge in [-0.3, -0.25) is 9.59 Å². The average molecular weight is 312 g/mol. The first-order valence-electron chi connectivity index (χ1n) is 8.07. The molecule has 0 aliphatic carbocycles. The lowest BCUT2D eigenvalue weighted by molar-refractivity contribution is -0.128. The predicted octanol–water partition coefficient (Wildman–Crippen LogP) is 2.09. The molecule has 2 aliphatic rings. The van der Waals surface area contributed by atoms with Gasteiger partial charge in [0.05, 0.1) is 0 Å². The normalized spacial score (nSPS) is 30.9. The van der Waals surface area contributed by atoms with Crippen molar-refractivity contribution in [1.29, 1.82) is 0 Å². The third kappa shape index (κ3) is 5.29. The predicted molar refractivity (Wildman–Crippen MR) is 87.2 cm³/mol. The number of amides is 1. The fourth-order valence-corrected chi connectivity index (χ4v) is 4.35. The third-order valence-corrected chi connectivity index (χ3v) is 5.49. The van der Waals surface area contributed by atoms with E-state index in [9.17, 15) is 9.59 Å². The highest BCUT2D eigenvalue weighted by molar-refractivity contribution is 8.13. The van der Waals surface area contributed by atoms with Crippen molar-refractivity contribution < 1.29 is 9.59 Å². The molecule has 5 heteroatoms. The number of rotatable bonds is 5. The van der Waals surface area contributed by atoms with Crippen molar-refractivity contribution in [2.45, 2.75) is 33.6 Å². The zero-order valence-corrected chi connectivity index (χ0v) is 14.3. The molecule has 1 amide bonds. The molecule has 0 aromatic heterocycles. The number of carbonyl (C=O) groups is 2. The summed E-state index contributed by atoms with van der Waals surface area (Å²) in [6, 6.07) is 0. The molecule has 0 aromatic rings. The van der Waals surface area contributed by atoms with Gasteiger partial charge < -0.3 is 9.80 Å². The topological polar surface area (TPSA) is 40.6 Å². The quantitative estimate of drug-likeness (QED) is 0.779. The average Bonchev–Trinajstić information content (AvgIpc) is 2.73. The highest BCUT2D eigenvalue weighted by Gasteiger charge is 2.30. The van der Waals surface area contributed by atoms with Gasteiger partial charge in [-0.25, -0.2) is 0 Å². The van der Waals surface area contributed by atoms with Crippen molar-refractivity contribution in [1.82, 2.24) is 9.80 Å². The van der Waals surface area contributed by atoms with Gasteiger partial charge >= 0.3 is 0 Å². The van der Waals surface area contributed by atoms with Crippen LogP contribution in [0.2, 0.25) is 0 Å². The molecule has 120 valence electrons. The van der Waals surface area contributed by atoms with Crippen LogP contribution in [0.5, 0.6) is 0 Å². The summed E-state index contributed by atoms with van der Waals surface area (Å²) in [5.41, 5.74) is 0. The first-order valence-corrected chi connectivity index (χ1v) is 9.06. The summed E-state index contributed by atoms with van der Waals surface area (Å²) in [5, 5.41) is 0.150. The van der Waals surface area contributed by atoms with Crippen molar-refractivity contribution in [2.24, 2.45) is 17.8 Å². The maximum absolute atomic E-state index is 12.0. The van der Waals surface area contributed by atoms with E-state index in [2.05, 4.69) is 18.7 Å². The van der Waals surface area contributed by atoms with Crippen LogP contribution >= 0.6 is 11.8 Å². The fourth-order valence-electron chi connectivity index (χ4n) is 3.65. The molecule has 4 nitrogen and oxygen atoms in total. The van der Waals surface area contributed by atoms with E-state index in [1.54, 1.807) is 6.92 Å². The molecule has 3 atom stereocenters. The SMILES string of the molecule is CC(=O)SCC1CC(=O)N(CCN2CC(C)CC(C)C2)C1. The molecule has 0 saturated carbocycles. The smallest absolute Gasteiger partial charge is 0.222 e. The molecule has 2 heterocycles. The van der Waals surface area contributed by atoms with Crippen LogP contribution in [0, 0.1) is 17.8 Å². The number of likely N-dealkylation sites (tertiary alicyclic amines) is 2. The summed E-state index contributed by atoms with van der Waals surface area (Å²) in [7, 11) is 0. The number of hydrogen-bond acceptors (Lipinski definition) is 4. The molecule has 0 N–H and O–H groups in total. The molecule has 0 spiro atoms. The summed E-state index contributed by atoms with van der Waals surface area (Å²) < 4.78 is 0.